The van der Waals surface area contributed by atoms with Gasteiger partial charge in [0.05, 0.1) is 0 Å². The van der Waals surface area contributed by atoms with Crippen LogP contribution in [0.15, 0.2) is 237 Å². The molecule has 3 nitrogen and oxygen atoms in total. The molecule has 0 unspecified atom stereocenters. The first kappa shape index (κ1) is 47.5. The molecule has 0 fully saturated rings. The standard InChI is InChI=1S/C68H50N3.Ir/c1-4-68(2,3)56-38-41-71-67(46-56)52-36-37-63(64(45-52)47-18-6-5-7-19-47)62-25-13-12-24-61(62)55-43-53(59-22-10-8-20-57(59)48-28-32-50(33-29-48)65-26-14-16-39-69-65)42-54(44-55)60-23-11-9-21-58(60)49-30-34-51(35-31-49)66-27-15-17-40-70-66;/h5-32,34,37-46H,4H2,1-3H3;/q-3;+3. The first-order valence-corrected chi connectivity index (χ1v) is 24.3. The predicted octanol–water partition coefficient (Wildman–Crippen LogP) is 17.6. The van der Waals surface area contributed by atoms with Crippen LogP contribution in [-0.2, 0) is 25.5 Å². The summed E-state index contributed by atoms with van der Waals surface area (Å²) in [6.07, 6.45) is 6.61. The van der Waals surface area contributed by atoms with Crippen LogP contribution < -0.4 is 0 Å². The summed E-state index contributed by atoms with van der Waals surface area (Å²) in [6, 6.07) is 88.3. The number of pyridine rings is 3. The van der Waals surface area contributed by atoms with E-state index < -0.39 is 0 Å². The third-order valence-electron chi connectivity index (χ3n) is 13.8. The van der Waals surface area contributed by atoms with Crippen LogP contribution in [0.25, 0.3) is 112 Å². The molecule has 0 aliphatic carbocycles. The molecule has 0 bridgehead atoms. The van der Waals surface area contributed by atoms with Crippen LogP contribution in [0.1, 0.15) is 32.8 Å². The monoisotopic (exact) mass is 1100 g/mol. The van der Waals surface area contributed by atoms with Gasteiger partial charge in [0.25, 0.3) is 0 Å². The molecule has 0 N–H and O–H groups in total. The molecule has 0 aliphatic rings. The van der Waals surface area contributed by atoms with Gasteiger partial charge in [-0.2, -0.15) is 0 Å². The van der Waals surface area contributed by atoms with Crippen molar-refractivity contribution in [3.63, 3.8) is 0 Å². The van der Waals surface area contributed by atoms with Crippen molar-refractivity contribution in [2.24, 2.45) is 0 Å². The molecule has 3 heterocycles. The van der Waals surface area contributed by atoms with Crippen molar-refractivity contribution < 1.29 is 20.1 Å². The Bertz CT molecular complexity index is 3480. The van der Waals surface area contributed by atoms with Crippen LogP contribution >= 0.6 is 0 Å². The number of nitrogens with zero attached hydrogens (tertiary/aromatic N) is 3. The average molecular weight is 1100 g/mol. The topological polar surface area (TPSA) is 38.7 Å². The molecule has 3 aromatic heterocycles. The van der Waals surface area contributed by atoms with Gasteiger partial charge < -0.3 is 15.0 Å². The van der Waals surface area contributed by atoms with E-state index in [2.05, 4.69) is 231 Å². The molecule has 0 atom stereocenters. The average Bonchev–Trinajstić information content (AvgIpc) is 3.45. The number of benzene rings is 8. The van der Waals surface area contributed by atoms with E-state index in [4.69, 9.17) is 4.98 Å². The summed E-state index contributed by atoms with van der Waals surface area (Å²) in [5.74, 6) is 0. The Hall–Kier alpha value is -8.14. The fourth-order valence-corrected chi connectivity index (χ4v) is 9.51. The zero-order valence-electron chi connectivity index (χ0n) is 40.4. The Balaban J connectivity index is 0.00000596. The van der Waals surface area contributed by atoms with Crippen LogP contribution in [-0.4, -0.2) is 15.0 Å². The van der Waals surface area contributed by atoms with Crippen LogP contribution in [0.5, 0.6) is 0 Å². The van der Waals surface area contributed by atoms with Gasteiger partial charge in [-0.05, 0) is 110 Å². The minimum Gasteiger partial charge on any atom is -0.305 e. The van der Waals surface area contributed by atoms with Crippen molar-refractivity contribution in [2.45, 2.75) is 32.6 Å². The second-order valence-corrected chi connectivity index (χ2v) is 18.6. The maximum atomic E-state index is 4.89. The van der Waals surface area contributed by atoms with Crippen molar-refractivity contribution in [1.82, 2.24) is 15.0 Å². The summed E-state index contributed by atoms with van der Waals surface area (Å²) in [4.78, 5) is 14.1. The molecular weight excluding hydrogens is 1050 g/mol. The normalized spacial score (nSPS) is 11.2. The quantitative estimate of drug-likeness (QED) is 0.114. The van der Waals surface area contributed by atoms with E-state index in [-0.39, 0.29) is 25.5 Å². The van der Waals surface area contributed by atoms with Gasteiger partial charge in [-0.3, -0.25) is 0 Å². The Morgan fingerprint density at radius 3 is 1.25 bits per heavy atom. The van der Waals surface area contributed by atoms with E-state index in [0.29, 0.717) is 0 Å². The Morgan fingerprint density at radius 2 is 0.778 bits per heavy atom. The molecule has 11 rings (SSSR count). The summed E-state index contributed by atoms with van der Waals surface area (Å²) >= 11 is 0. The van der Waals surface area contributed by atoms with Crippen LogP contribution in [0.4, 0.5) is 0 Å². The Labute approximate surface area is 437 Å². The molecule has 72 heavy (non-hydrogen) atoms. The summed E-state index contributed by atoms with van der Waals surface area (Å²) in [5, 5.41) is 0. The van der Waals surface area contributed by atoms with Crippen molar-refractivity contribution in [3.8, 4) is 112 Å². The minimum atomic E-state index is 0. The molecule has 0 saturated carbocycles. The van der Waals surface area contributed by atoms with E-state index in [1.54, 1.807) is 0 Å². The van der Waals surface area contributed by atoms with E-state index >= 15 is 0 Å². The predicted molar refractivity (Wildman–Crippen MR) is 294 cm³/mol. The molecule has 346 valence electrons. The molecule has 4 heteroatoms. The second-order valence-electron chi connectivity index (χ2n) is 18.6. The fourth-order valence-electron chi connectivity index (χ4n) is 9.51. The Morgan fingerprint density at radius 1 is 0.333 bits per heavy atom. The van der Waals surface area contributed by atoms with Crippen LogP contribution in [0.3, 0.4) is 0 Å². The van der Waals surface area contributed by atoms with Crippen molar-refractivity contribution in [3.05, 3.63) is 261 Å². The van der Waals surface area contributed by atoms with E-state index in [9.17, 15) is 0 Å². The van der Waals surface area contributed by atoms with Crippen LogP contribution in [0, 0.1) is 18.2 Å². The zero-order chi connectivity index (χ0) is 48.2. The molecule has 0 aliphatic heterocycles. The van der Waals surface area contributed by atoms with Gasteiger partial charge in [-0.1, -0.05) is 193 Å². The van der Waals surface area contributed by atoms with Crippen molar-refractivity contribution in [1.29, 1.82) is 0 Å². The first-order chi connectivity index (χ1) is 34.9. The second kappa shape index (κ2) is 21.1. The zero-order valence-corrected chi connectivity index (χ0v) is 42.8. The van der Waals surface area contributed by atoms with Gasteiger partial charge in [-0.15, -0.1) is 83.4 Å². The summed E-state index contributed by atoms with van der Waals surface area (Å²) in [5.41, 5.74) is 22.5. The smallest absolute Gasteiger partial charge is 0.305 e. The van der Waals surface area contributed by atoms with Gasteiger partial charge in [0.15, 0.2) is 0 Å². The number of rotatable bonds is 12. The van der Waals surface area contributed by atoms with Gasteiger partial charge >= 0.3 is 20.1 Å². The summed E-state index contributed by atoms with van der Waals surface area (Å²) in [6.45, 7) is 6.83. The molecular formula is C68H50IrN3. The third kappa shape index (κ3) is 9.81. The van der Waals surface area contributed by atoms with Crippen LogP contribution in [0.2, 0.25) is 0 Å². The number of aromatic nitrogens is 3. The maximum Gasteiger partial charge on any atom is 3.00 e. The van der Waals surface area contributed by atoms with Gasteiger partial charge in [0.2, 0.25) is 0 Å². The molecule has 0 spiro atoms. The van der Waals surface area contributed by atoms with Crippen molar-refractivity contribution >= 4 is 0 Å². The Kier molecular flexibility index (Phi) is 13.9. The van der Waals surface area contributed by atoms with E-state index in [1.807, 2.05) is 55.0 Å². The molecule has 8 aromatic carbocycles. The third-order valence-corrected chi connectivity index (χ3v) is 13.8. The first-order valence-electron chi connectivity index (χ1n) is 24.3. The SMILES string of the molecule is CCC(C)(C)c1ccnc(-c2[c-]cc(-c3ccccc3-c3cc(-c4ccccc4-c4c[c-]c(-c5ccccn5)cc4)cc(-c4ccccc4-c4c[c-]c(-c5ccccn5)cc4)c3)c(-c3ccccc3)c2)c1.[Ir+3]. The number of hydrogen-bond acceptors (Lipinski definition) is 3. The molecule has 0 radical (unpaired) electrons. The van der Waals surface area contributed by atoms with E-state index in [1.165, 1.54) is 5.56 Å². The largest absolute Gasteiger partial charge is 3.00 e. The molecule has 0 amide bonds. The fraction of sp³-hybridized carbons (Fsp3) is 0.0735. The van der Waals surface area contributed by atoms with Gasteiger partial charge in [-0.25, -0.2) is 0 Å². The summed E-state index contributed by atoms with van der Waals surface area (Å²) in [7, 11) is 0. The molecule has 0 saturated heterocycles. The maximum absolute atomic E-state index is 4.89. The minimum absolute atomic E-state index is 0. The molecule has 11 aromatic rings. The van der Waals surface area contributed by atoms with Crippen molar-refractivity contribution in [2.75, 3.05) is 0 Å². The summed E-state index contributed by atoms with van der Waals surface area (Å²) < 4.78 is 0. The number of hydrogen-bond donors (Lipinski definition) is 0. The van der Waals surface area contributed by atoms with Gasteiger partial charge in [0, 0.05) is 18.6 Å². The van der Waals surface area contributed by atoms with E-state index in [0.717, 1.165) is 118 Å². The van der Waals surface area contributed by atoms with Gasteiger partial charge in [0.1, 0.15) is 0 Å².